The van der Waals surface area contributed by atoms with E-state index in [4.69, 9.17) is 14.2 Å². The summed E-state index contributed by atoms with van der Waals surface area (Å²) in [4.78, 5) is 10.7. The van der Waals surface area contributed by atoms with Crippen molar-refractivity contribution in [1.29, 1.82) is 0 Å². The van der Waals surface area contributed by atoms with Crippen molar-refractivity contribution in [1.82, 2.24) is 0 Å². The minimum atomic E-state index is -0.370. The van der Waals surface area contributed by atoms with Gasteiger partial charge < -0.3 is 14.2 Å². The molecule has 0 bridgehead atoms. The number of hydrogen-bond acceptors (Lipinski definition) is 4. The number of benzene rings is 1. The van der Waals surface area contributed by atoms with Gasteiger partial charge in [-0.15, -0.1) is 0 Å². The van der Waals surface area contributed by atoms with E-state index in [2.05, 4.69) is 0 Å². The van der Waals surface area contributed by atoms with Crippen LogP contribution in [0.15, 0.2) is 36.4 Å². The topological polar surface area (TPSA) is 44.8 Å². The predicted molar refractivity (Wildman–Crippen MR) is 66.7 cm³/mol. The van der Waals surface area contributed by atoms with Crippen molar-refractivity contribution in [3.8, 4) is 0 Å². The van der Waals surface area contributed by atoms with Crippen molar-refractivity contribution in [2.24, 2.45) is 0 Å². The molecule has 2 rings (SSSR count). The van der Waals surface area contributed by atoms with Crippen LogP contribution in [0.25, 0.3) is 6.08 Å². The van der Waals surface area contributed by atoms with Crippen LogP contribution >= 0.6 is 0 Å². The Morgan fingerprint density at radius 3 is 2.94 bits per heavy atom. The molecule has 1 heterocycles. The molecule has 0 N–H and O–H groups in total. The zero-order valence-electron chi connectivity index (χ0n) is 10.2. The molecule has 1 aromatic rings. The average Bonchev–Trinajstić information content (AvgIpc) is 2.83. The van der Waals surface area contributed by atoms with E-state index >= 15 is 0 Å². The Labute approximate surface area is 106 Å². The van der Waals surface area contributed by atoms with Crippen LogP contribution in [-0.4, -0.2) is 31.6 Å². The number of hydrogen-bond donors (Lipinski definition) is 0. The molecule has 96 valence electrons. The monoisotopic (exact) mass is 248 g/mol. The first kappa shape index (κ1) is 12.8. The van der Waals surface area contributed by atoms with Crippen molar-refractivity contribution >= 4 is 12.0 Å². The van der Waals surface area contributed by atoms with E-state index in [-0.39, 0.29) is 25.0 Å². The minimum Gasteiger partial charge on any atom is -0.463 e. The smallest absolute Gasteiger partial charge is 0.302 e. The summed E-state index contributed by atoms with van der Waals surface area (Å²) in [6.45, 7) is 2.06. The van der Waals surface area contributed by atoms with Crippen molar-refractivity contribution < 1.29 is 19.0 Å². The molecule has 1 aromatic carbocycles. The lowest BCUT2D eigenvalue weighted by Gasteiger charge is -2.08. The van der Waals surface area contributed by atoms with Gasteiger partial charge in [0.2, 0.25) is 0 Å². The highest BCUT2D eigenvalue weighted by Crippen LogP contribution is 2.14. The summed E-state index contributed by atoms with van der Waals surface area (Å²) in [5.74, 6) is -0.304. The van der Waals surface area contributed by atoms with E-state index in [1.807, 2.05) is 42.5 Å². The molecule has 1 aliphatic rings. The Morgan fingerprint density at radius 2 is 2.22 bits per heavy atom. The van der Waals surface area contributed by atoms with Gasteiger partial charge in [0.15, 0.2) is 6.29 Å². The second-order valence-electron chi connectivity index (χ2n) is 4.03. The van der Waals surface area contributed by atoms with Gasteiger partial charge in [-0.25, -0.2) is 0 Å². The van der Waals surface area contributed by atoms with Crippen LogP contribution in [0, 0.1) is 0 Å². The number of esters is 1. The molecule has 4 nitrogen and oxygen atoms in total. The van der Waals surface area contributed by atoms with E-state index in [1.54, 1.807) is 0 Å². The maximum Gasteiger partial charge on any atom is 0.302 e. The zero-order valence-corrected chi connectivity index (χ0v) is 10.2. The fourth-order valence-electron chi connectivity index (χ4n) is 1.62. The summed E-state index contributed by atoms with van der Waals surface area (Å²) in [6, 6.07) is 9.91. The molecule has 2 atom stereocenters. The maximum absolute atomic E-state index is 10.7. The molecule has 1 saturated heterocycles. The molecule has 18 heavy (non-hydrogen) atoms. The Hall–Kier alpha value is -1.65. The van der Waals surface area contributed by atoms with E-state index in [1.165, 1.54) is 6.92 Å². The first-order valence-corrected chi connectivity index (χ1v) is 5.88. The third kappa shape index (κ3) is 3.98. The van der Waals surface area contributed by atoms with Gasteiger partial charge in [-0.3, -0.25) is 4.79 Å². The number of carbonyl (C=O) groups is 1. The number of rotatable bonds is 4. The Balaban J connectivity index is 1.79. The molecular weight excluding hydrogens is 232 g/mol. The van der Waals surface area contributed by atoms with Crippen LogP contribution in [0.3, 0.4) is 0 Å². The summed E-state index contributed by atoms with van der Waals surface area (Å²) in [5, 5.41) is 0. The molecule has 0 saturated carbocycles. The first-order valence-electron chi connectivity index (χ1n) is 5.88. The standard InChI is InChI=1S/C14H16O4/c1-11(15)16-9-13-10-17-14(18-13)8-7-12-5-3-2-4-6-12/h2-8,13-14H,9-10H2,1H3. The lowest BCUT2D eigenvalue weighted by molar-refractivity contribution is -0.144. The highest BCUT2D eigenvalue weighted by atomic mass is 16.7. The van der Waals surface area contributed by atoms with Gasteiger partial charge in [0.25, 0.3) is 0 Å². The number of carbonyl (C=O) groups excluding carboxylic acids is 1. The minimum absolute atomic E-state index is 0.181. The third-order valence-corrected chi connectivity index (χ3v) is 2.49. The summed E-state index contributed by atoms with van der Waals surface area (Å²) in [6.07, 6.45) is 3.24. The van der Waals surface area contributed by atoms with Gasteiger partial charge in [-0.1, -0.05) is 36.4 Å². The second kappa shape index (κ2) is 6.33. The highest BCUT2D eigenvalue weighted by Gasteiger charge is 2.24. The second-order valence-corrected chi connectivity index (χ2v) is 4.03. The van der Waals surface area contributed by atoms with Gasteiger partial charge in [0, 0.05) is 6.92 Å². The van der Waals surface area contributed by atoms with Crippen LogP contribution in [0.1, 0.15) is 12.5 Å². The van der Waals surface area contributed by atoms with Gasteiger partial charge >= 0.3 is 5.97 Å². The van der Waals surface area contributed by atoms with Gasteiger partial charge in [-0.2, -0.15) is 0 Å². The largest absolute Gasteiger partial charge is 0.463 e. The SMILES string of the molecule is CC(=O)OCC1COC(C=Cc2ccccc2)O1. The normalized spacial score (nSPS) is 23.4. The lowest BCUT2D eigenvalue weighted by Crippen LogP contribution is -2.20. The van der Waals surface area contributed by atoms with Crippen LogP contribution in [-0.2, 0) is 19.0 Å². The highest BCUT2D eigenvalue weighted by molar-refractivity contribution is 5.65. The molecule has 1 fully saturated rings. The van der Waals surface area contributed by atoms with Gasteiger partial charge in [0.05, 0.1) is 6.61 Å². The summed E-state index contributed by atoms with van der Waals surface area (Å²) < 4.78 is 15.8. The Morgan fingerprint density at radius 1 is 1.44 bits per heavy atom. The van der Waals surface area contributed by atoms with E-state index in [9.17, 15) is 4.79 Å². The van der Waals surface area contributed by atoms with Crippen molar-refractivity contribution in [2.75, 3.05) is 13.2 Å². The van der Waals surface area contributed by atoms with Crippen molar-refractivity contribution in [3.63, 3.8) is 0 Å². The molecule has 2 unspecified atom stereocenters. The average molecular weight is 248 g/mol. The predicted octanol–water partition coefficient (Wildman–Crippen LogP) is 2.00. The molecule has 0 spiro atoms. The van der Waals surface area contributed by atoms with E-state index in [0.717, 1.165) is 5.56 Å². The lowest BCUT2D eigenvalue weighted by atomic mass is 10.2. The molecule has 0 aliphatic carbocycles. The summed E-state index contributed by atoms with van der Waals surface area (Å²) >= 11 is 0. The third-order valence-electron chi connectivity index (χ3n) is 2.49. The number of ether oxygens (including phenoxy) is 3. The quantitative estimate of drug-likeness (QED) is 0.764. The molecule has 1 aliphatic heterocycles. The molecule has 4 heteroatoms. The van der Waals surface area contributed by atoms with Gasteiger partial charge in [0.1, 0.15) is 12.7 Å². The maximum atomic E-state index is 10.7. The summed E-state index contributed by atoms with van der Waals surface area (Å²) in [7, 11) is 0. The zero-order chi connectivity index (χ0) is 12.8. The van der Waals surface area contributed by atoms with Gasteiger partial charge in [-0.05, 0) is 11.6 Å². The van der Waals surface area contributed by atoms with Crippen LogP contribution in [0.2, 0.25) is 0 Å². The van der Waals surface area contributed by atoms with Crippen LogP contribution in [0.4, 0.5) is 0 Å². The van der Waals surface area contributed by atoms with Crippen molar-refractivity contribution in [3.05, 3.63) is 42.0 Å². The van der Waals surface area contributed by atoms with Crippen LogP contribution < -0.4 is 0 Å². The van der Waals surface area contributed by atoms with Crippen LogP contribution in [0.5, 0.6) is 0 Å². The molecule has 0 amide bonds. The Bertz CT molecular complexity index is 413. The molecule has 0 aromatic heterocycles. The summed E-state index contributed by atoms with van der Waals surface area (Å²) in [5.41, 5.74) is 1.09. The first-order chi connectivity index (χ1) is 8.74. The van der Waals surface area contributed by atoms with E-state index in [0.29, 0.717) is 6.61 Å². The van der Waals surface area contributed by atoms with Crippen molar-refractivity contribution in [2.45, 2.75) is 19.3 Å². The fourth-order valence-corrected chi connectivity index (χ4v) is 1.62. The Kier molecular flexibility index (Phi) is 4.50. The molecule has 0 radical (unpaired) electrons. The fraction of sp³-hybridized carbons (Fsp3) is 0.357. The van der Waals surface area contributed by atoms with E-state index < -0.39 is 0 Å². The molecular formula is C14H16O4.